The summed E-state index contributed by atoms with van der Waals surface area (Å²) >= 11 is 7.38. The average Bonchev–Trinajstić information content (AvgIpc) is 2.74. The molecule has 0 spiro atoms. The number of hydrogen-bond acceptors (Lipinski definition) is 2. The van der Waals surface area contributed by atoms with Gasteiger partial charge in [0.25, 0.3) is 0 Å². The molecule has 0 fully saturated rings. The molecular formula is C13H13ClFNS. The maximum Gasteiger partial charge on any atom is 0.123 e. The Labute approximate surface area is 109 Å². The molecule has 0 saturated heterocycles. The quantitative estimate of drug-likeness (QED) is 0.872. The van der Waals surface area contributed by atoms with Crippen molar-refractivity contribution in [3.8, 4) is 10.4 Å². The van der Waals surface area contributed by atoms with Crippen LogP contribution in [0.15, 0.2) is 30.3 Å². The van der Waals surface area contributed by atoms with Crippen LogP contribution in [-0.4, -0.2) is 6.54 Å². The van der Waals surface area contributed by atoms with E-state index in [1.54, 1.807) is 6.07 Å². The van der Waals surface area contributed by atoms with Crippen LogP contribution in [0.25, 0.3) is 10.4 Å². The predicted octanol–water partition coefficient (Wildman–Crippen LogP) is 4.32. The zero-order valence-electron chi connectivity index (χ0n) is 9.47. The van der Waals surface area contributed by atoms with E-state index in [1.165, 1.54) is 17.4 Å². The first kappa shape index (κ1) is 12.6. The van der Waals surface area contributed by atoms with Gasteiger partial charge in [0, 0.05) is 11.4 Å². The van der Waals surface area contributed by atoms with Crippen molar-refractivity contribution in [2.45, 2.75) is 13.5 Å². The molecule has 0 aliphatic rings. The van der Waals surface area contributed by atoms with Crippen molar-refractivity contribution in [3.63, 3.8) is 0 Å². The van der Waals surface area contributed by atoms with Crippen LogP contribution in [0.1, 0.15) is 12.5 Å². The summed E-state index contributed by atoms with van der Waals surface area (Å²) in [6.45, 7) is 3.68. The summed E-state index contributed by atoms with van der Waals surface area (Å²) in [5.41, 5.74) is 2.01. The molecule has 1 heterocycles. The lowest BCUT2D eigenvalue weighted by Gasteiger charge is -2.08. The van der Waals surface area contributed by atoms with Gasteiger partial charge in [-0.1, -0.05) is 24.6 Å². The molecule has 1 aromatic heterocycles. The van der Waals surface area contributed by atoms with Gasteiger partial charge in [-0.3, -0.25) is 0 Å². The second-order valence-electron chi connectivity index (χ2n) is 3.69. The van der Waals surface area contributed by atoms with E-state index in [1.807, 2.05) is 25.1 Å². The molecule has 2 rings (SSSR count). The molecular weight excluding hydrogens is 257 g/mol. The van der Waals surface area contributed by atoms with E-state index >= 15 is 0 Å². The number of rotatable bonds is 4. The van der Waals surface area contributed by atoms with Crippen LogP contribution in [0.3, 0.4) is 0 Å². The monoisotopic (exact) mass is 269 g/mol. The van der Waals surface area contributed by atoms with Crippen LogP contribution < -0.4 is 5.32 Å². The Kier molecular flexibility index (Phi) is 4.15. The van der Waals surface area contributed by atoms with Crippen molar-refractivity contribution in [1.82, 2.24) is 5.32 Å². The lowest BCUT2D eigenvalue weighted by Crippen LogP contribution is -2.12. The van der Waals surface area contributed by atoms with E-state index in [2.05, 4.69) is 5.32 Å². The summed E-state index contributed by atoms with van der Waals surface area (Å²) in [6.07, 6.45) is 0. The van der Waals surface area contributed by atoms with Crippen molar-refractivity contribution in [1.29, 1.82) is 0 Å². The minimum atomic E-state index is -0.218. The molecule has 17 heavy (non-hydrogen) atoms. The number of thiophene rings is 1. The Morgan fingerprint density at radius 2 is 2.12 bits per heavy atom. The molecule has 0 amide bonds. The smallest absolute Gasteiger partial charge is 0.123 e. The molecule has 0 unspecified atom stereocenters. The van der Waals surface area contributed by atoms with Gasteiger partial charge >= 0.3 is 0 Å². The maximum atomic E-state index is 13.3. The molecule has 0 bridgehead atoms. The van der Waals surface area contributed by atoms with Crippen molar-refractivity contribution < 1.29 is 4.39 Å². The second kappa shape index (κ2) is 5.63. The molecule has 1 aromatic carbocycles. The molecule has 1 N–H and O–H groups in total. The molecule has 4 heteroatoms. The van der Waals surface area contributed by atoms with Crippen LogP contribution >= 0.6 is 22.9 Å². The number of benzene rings is 1. The van der Waals surface area contributed by atoms with Gasteiger partial charge in [0.05, 0.1) is 4.34 Å². The highest BCUT2D eigenvalue weighted by atomic mass is 35.5. The molecule has 0 radical (unpaired) electrons. The fourth-order valence-corrected chi connectivity index (χ4v) is 2.75. The van der Waals surface area contributed by atoms with Crippen molar-refractivity contribution in [3.05, 3.63) is 46.0 Å². The van der Waals surface area contributed by atoms with Gasteiger partial charge in [-0.15, -0.1) is 11.3 Å². The summed E-state index contributed by atoms with van der Waals surface area (Å²) < 4.78 is 14.0. The summed E-state index contributed by atoms with van der Waals surface area (Å²) in [5.74, 6) is -0.218. The Balaban J connectivity index is 2.39. The Morgan fingerprint density at radius 3 is 2.76 bits per heavy atom. The highest BCUT2D eigenvalue weighted by molar-refractivity contribution is 7.19. The standard InChI is InChI=1S/C13H13ClFNS/c1-2-16-8-9-3-4-10(15)7-11(9)12-5-6-13(14)17-12/h3-7,16H,2,8H2,1H3. The van der Waals surface area contributed by atoms with Crippen molar-refractivity contribution >= 4 is 22.9 Å². The Morgan fingerprint density at radius 1 is 1.29 bits per heavy atom. The topological polar surface area (TPSA) is 12.0 Å². The third-order valence-corrected chi connectivity index (χ3v) is 3.74. The molecule has 2 aromatic rings. The van der Waals surface area contributed by atoms with E-state index < -0.39 is 0 Å². The van der Waals surface area contributed by atoms with E-state index in [9.17, 15) is 4.39 Å². The van der Waals surface area contributed by atoms with E-state index in [0.29, 0.717) is 0 Å². The van der Waals surface area contributed by atoms with Gasteiger partial charge in [0.1, 0.15) is 5.82 Å². The summed E-state index contributed by atoms with van der Waals surface area (Å²) in [5, 5.41) is 3.25. The van der Waals surface area contributed by atoms with Gasteiger partial charge in [0.15, 0.2) is 0 Å². The molecule has 0 saturated carbocycles. The number of hydrogen-bond donors (Lipinski definition) is 1. The summed E-state index contributed by atoms with van der Waals surface area (Å²) in [7, 11) is 0. The minimum Gasteiger partial charge on any atom is -0.313 e. The minimum absolute atomic E-state index is 0.218. The maximum absolute atomic E-state index is 13.3. The lowest BCUT2D eigenvalue weighted by atomic mass is 10.1. The molecule has 90 valence electrons. The van der Waals surface area contributed by atoms with Crippen LogP contribution in [0.4, 0.5) is 4.39 Å². The molecule has 0 aliphatic heterocycles. The van der Waals surface area contributed by atoms with E-state index in [-0.39, 0.29) is 5.82 Å². The number of halogens is 2. The Hall–Kier alpha value is -0.900. The van der Waals surface area contributed by atoms with Crippen LogP contribution in [0.2, 0.25) is 4.34 Å². The SMILES string of the molecule is CCNCc1ccc(F)cc1-c1ccc(Cl)s1. The normalized spacial score (nSPS) is 10.8. The third-order valence-electron chi connectivity index (χ3n) is 2.48. The highest BCUT2D eigenvalue weighted by Crippen LogP contribution is 2.33. The van der Waals surface area contributed by atoms with Crippen LogP contribution in [0.5, 0.6) is 0 Å². The molecule has 0 atom stereocenters. The fourth-order valence-electron chi connectivity index (χ4n) is 1.65. The van der Waals surface area contributed by atoms with E-state index in [0.717, 1.165) is 33.4 Å². The molecule has 1 nitrogen and oxygen atoms in total. The first-order chi connectivity index (χ1) is 8.20. The summed E-state index contributed by atoms with van der Waals surface area (Å²) in [6, 6.07) is 8.64. The second-order valence-corrected chi connectivity index (χ2v) is 5.40. The Bertz CT molecular complexity index is 510. The molecule has 0 aliphatic carbocycles. The summed E-state index contributed by atoms with van der Waals surface area (Å²) in [4.78, 5) is 1.00. The largest absolute Gasteiger partial charge is 0.313 e. The zero-order chi connectivity index (χ0) is 12.3. The average molecular weight is 270 g/mol. The van der Waals surface area contributed by atoms with E-state index in [4.69, 9.17) is 11.6 Å². The number of nitrogens with one attached hydrogen (secondary N) is 1. The zero-order valence-corrected chi connectivity index (χ0v) is 11.0. The first-order valence-electron chi connectivity index (χ1n) is 5.45. The van der Waals surface area contributed by atoms with Crippen molar-refractivity contribution in [2.24, 2.45) is 0 Å². The first-order valence-corrected chi connectivity index (χ1v) is 6.65. The predicted molar refractivity (Wildman–Crippen MR) is 72.1 cm³/mol. The third kappa shape index (κ3) is 3.06. The van der Waals surface area contributed by atoms with Gasteiger partial charge < -0.3 is 5.32 Å². The van der Waals surface area contributed by atoms with Gasteiger partial charge in [-0.05, 0) is 41.9 Å². The van der Waals surface area contributed by atoms with Crippen LogP contribution in [0, 0.1) is 5.82 Å². The van der Waals surface area contributed by atoms with Gasteiger partial charge in [0.2, 0.25) is 0 Å². The van der Waals surface area contributed by atoms with Gasteiger partial charge in [-0.2, -0.15) is 0 Å². The lowest BCUT2D eigenvalue weighted by molar-refractivity contribution is 0.626. The van der Waals surface area contributed by atoms with Gasteiger partial charge in [-0.25, -0.2) is 4.39 Å². The van der Waals surface area contributed by atoms with Crippen molar-refractivity contribution in [2.75, 3.05) is 6.54 Å². The highest BCUT2D eigenvalue weighted by Gasteiger charge is 2.08. The van der Waals surface area contributed by atoms with Crippen LogP contribution in [-0.2, 0) is 6.54 Å². The fraction of sp³-hybridized carbons (Fsp3) is 0.231.